The first-order valence-corrected chi connectivity index (χ1v) is 8.81. The molecule has 0 unspecified atom stereocenters. The van der Waals surface area contributed by atoms with E-state index in [9.17, 15) is 0 Å². The first kappa shape index (κ1) is 17.4. The highest BCUT2D eigenvalue weighted by molar-refractivity contribution is 5.44. The minimum absolute atomic E-state index is 1.02. The molecule has 0 saturated carbocycles. The predicted molar refractivity (Wildman–Crippen MR) is 100 cm³/mol. The van der Waals surface area contributed by atoms with Crippen LogP contribution in [0.15, 0.2) is 48.5 Å². The SMILES string of the molecule is [CH2]c1ccc(C#Cc2ccc(CCCCCCCC)cc2)cc1. The first-order chi connectivity index (χ1) is 11.3. The van der Waals surface area contributed by atoms with Crippen LogP contribution in [0.4, 0.5) is 0 Å². The topological polar surface area (TPSA) is 0 Å². The minimum atomic E-state index is 1.02. The van der Waals surface area contributed by atoms with Crippen molar-refractivity contribution in [3.8, 4) is 11.8 Å². The van der Waals surface area contributed by atoms with E-state index in [2.05, 4.69) is 50.0 Å². The van der Waals surface area contributed by atoms with E-state index in [1.165, 1.54) is 50.5 Å². The van der Waals surface area contributed by atoms with Crippen molar-refractivity contribution in [3.63, 3.8) is 0 Å². The molecular weight excluding hydrogens is 276 g/mol. The Labute approximate surface area is 142 Å². The van der Waals surface area contributed by atoms with Crippen molar-refractivity contribution < 1.29 is 0 Å². The van der Waals surface area contributed by atoms with Gasteiger partial charge in [-0.15, -0.1) is 0 Å². The molecule has 0 atom stereocenters. The molecule has 0 bridgehead atoms. The van der Waals surface area contributed by atoms with Gasteiger partial charge in [-0.05, 0) is 55.2 Å². The molecular formula is C23H27. The zero-order valence-electron chi connectivity index (χ0n) is 14.3. The second-order valence-electron chi connectivity index (χ2n) is 6.16. The fourth-order valence-corrected chi connectivity index (χ4v) is 2.60. The van der Waals surface area contributed by atoms with Crippen molar-refractivity contribution in [1.29, 1.82) is 0 Å². The third-order valence-corrected chi connectivity index (χ3v) is 4.08. The lowest BCUT2D eigenvalue weighted by molar-refractivity contribution is 0.607. The van der Waals surface area contributed by atoms with Gasteiger partial charge in [0.25, 0.3) is 0 Å². The van der Waals surface area contributed by atoms with E-state index in [0.717, 1.165) is 16.7 Å². The van der Waals surface area contributed by atoms with Crippen molar-refractivity contribution >= 4 is 0 Å². The average molecular weight is 303 g/mol. The lowest BCUT2D eigenvalue weighted by Crippen LogP contribution is -1.87. The maximum absolute atomic E-state index is 3.89. The Bertz CT molecular complexity index is 620. The monoisotopic (exact) mass is 303 g/mol. The Hall–Kier alpha value is -2.00. The third-order valence-electron chi connectivity index (χ3n) is 4.08. The number of hydrogen-bond donors (Lipinski definition) is 0. The molecule has 0 aliphatic heterocycles. The summed E-state index contributed by atoms with van der Waals surface area (Å²) in [7, 11) is 0. The molecule has 0 amide bonds. The molecule has 0 spiro atoms. The summed E-state index contributed by atoms with van der Waals surface area (Å²) in [4.78, 5) is 0. The van der Waals surface area contributed by atoms with Crippen LogP contribution in [0.3, 0.4) is 0 Å². The van der Waals surface area contributed by atoms with Gasteiger partial charge in [-0.25, -0.2) is 0 Å². The molecule has 0 aliphatic rings. The number of rotatable bonds is 7. The van der Waals surface area contributed by atoms with Gasteiger partial charge in [-0.3, -0.25) is 0 Å². The number of aryl methyl sites for hydroxylation is 1. The van der Waals surface area contributed by atoms with Gasteiger partial charge in [-0.2, -0.15) is 0 Å². The van der Waals surface area contributed by atoms with E-state index >= 15 is 0 Å². The molecule has 0 aliphatic carbocycles. The molecule has 0 saturated heterocycles. The van der Waals surface area contributed by atoms with Crippen molar-refractivity contribution in [2.45, 2.75) is 51.9 Å². The van der Waals surface area contributed by atoms with E-state index in [4.69, 9.17) is 0 Å². The molecule has 0 nitrogen and oxygen atoms in total. The first-order valence-electron chi connectivity index (χ1n) is 8.81. The van der Waals surface area contributed by atoms with Crippen LogP contribution in [0, 0.1) is 18.8 Å². The smallest absolute Gasteiger partial charge is 0.0249 e. The number of hydrogen-bond acceptors (Lipinski definition) is 0. The molecule has 2 aromatic rings. The normalized spacial score (nSPS) is 10.2. The van der Waals surface area contributed by atoms with Gasteiger partial charge in [0.05, 0.1) is 0 Å². The van der Waals surface area contributed by atoms with Gasteiger partial charge >= 0.3 is 0 Å². The largest absolute Gasteiger partial charge is 0.0654 e. The van der Waals surface area contributed by atoms with Crippen molar-refractivity contribution in [1.82, 2.24) is 0 Å². The van der Waals surface area contributed by atoms with E-state index in [1.54, 1.807) is 0 Å². The Morgan fingerprint density at radius 3 is 1.83 bits per heavy atom. The maximum atomic E-state index is 3.89. The second kappa shape index (κ2) is 9.90. The van der Waals surface area contributed by atoms with E-state index in [-0.39, 0.29) is 0 Å². The Balaban J connectivity index is 1.79. The third kappa shape index (κ3) is 6.74. The summed E-state index contributed by atoms with van der Waals surface area (Å²) in [6.07, 6.45) is 9.30. The van der Waals surface area contributed by atoms with Crippen molar-refractivity contribution in [3.05, 3.63) is 77.7 Å². The lowest BCUT2D eigenvalue weighted by Gasteiger charge is -2.02. The Morgan fingerprint density at radius 2 is 1.22 bits per heavy atom. The molecule has 23 heavy (non-hydrogen) atoms. The molecule has 1 radical (unpaired) electrons. The number of benzene rings is 2. The van der Waals surface area contributed by atoms with Gasteiger partial charge in [0.1, 0.15) is 0 Å². The van der Waals surface area contributed by atoms with Crippen molar-refractivity contribution in [2.24, 2.45) is 0 Å². The molecule has 0 aromatic heterocycles. The van der Waals surface area contributed by atoms with E-state index < -0.39 is 0 Å². The van der Waals surface area contributed by atoms with Gasteiger partial charge < -0.3 is 0 Å². The van der Waals surface area contributed by atoms with Crippen LogP contribution in [0.2, 0.25) is 0 Å². The highest BCUT2D eigenvalue weighted by atomic mass is 14.0. The van der Waals surface area contributed by atoms with Crippen LogP contribution < -0.4 is 0 Å². The molecule has 0 N–H and O–H groups in total. The summed E-state index contributed by atoms with van der Waals surface area (Å²) in [5, 5.41) is 0. The Kier molecular flexibility index (Phi) is 7.47. The molecule has 2 aromatic carbocycles. The lowest BCUT2D eigenvalue weighted by atomic mass is 10.0. The maximum Gasteiger partial charge on any atom is 0.0249 e. The molecule has 2 rings (SSSR count). The van der Waals surface area contributed by atoms with Crippen LogP contribution in [0.5, 0.6) is 0 Å². The van der Waals surface area contributed by atoms with Crippen LogP contribution in [-0.2, 0) is 6.42 Å². The molecule has 0 fully saturated rings. The van der Waals surface area contributed by atoms with Crippen molar-refractivity contribution in [2.75, 3.05) is 0 Å². The minimum Gasteiger partial charge on any atom is -0.0654 e. The fraction of sp³-hybridized carbons (Fsp3) is 0.348. The van der Waals surface area contributed by atoms with Gasteiger partial charge in [0, 0.05) is 11.1 Å². The standard InChI is InChI=1S/C23H27/c1-3-4-5-6-7-8-9-21-14-16-23(17-15-21)19-18-22-12-10-20(2)11-13-22/h10-17H,2-9H2,1H3. The summed E-state index contributed by atoms with van der Waals surface area (Å²) < 4.78 is 0. The summed E-state index contributed by atoms with van der Waals surface area (Å²) in [5.74, 6) is 6.43. The molecule has 0 heterocycles. The highest BCUT2D eigenvalue weighted by Gasteiger charge is 1.95. The fourth-order valence-electron chi connectivity index (χ4n) is 2.60. The van der Waals surface area contributed by atoms with Crippen LogP contribution in [0.25, 0.3) is 0 Å². The second-order valence-corrected chi connectivity index (χ2v) is 6.16. The summed E-state index contributed by atoms with van der Waals surface area (Å²) in [5.41, 5.74) is 4.56. The van der Waals surface area contributed by atoms with Crippen LogP contribution in [0.1, 0.15) is 67.7 Å². The zero-order chi connectivity index (χ0) is 16.3. The summed E-state index contributed by atoms with van der Waals surface area (Å²) >= 11 is 0. The highest BCUT2D eigenvalue weighted by Crippen LogP contribution is 2.11. The van der Waals surface area contributed by atoms with E-state index in [0.29, 0.717) is 0 Å². The predicted octanol–water partition coefficient (Wildman–Crippen LogP) is 6.17. The Morgan fingerprint density at radius 1 is 0.696 bits per heavy atom. The quantitative estimate of drug-likeness (QED) is 0.424. The zero-order valence-corrected chi connectivity index (χ0v) is 14.3. The molecule has 119 valence electrons. The van der Waals surface area contributed by atoms with Crippen LogP contribution >= 0.6 is 0 Å². The summed E-state index contributed by atoms with van der Waals surface area (Å²) in [6.45, 7) is 6.15. The van der Waals surface area contributed by atoms with Gasteiger partial charge in [0.15, 0.2) is 0 Å². The average Bonchev–Trinajstić information content (AvgIpc) is 2.58. The number of unbranched alkanes of at least 4 members (excludes halogenated alkanes) is 5. The molecule has 0 heteroatoms. The summed E-state index contributed by atoms with van der Waals surface area (Å²) in [6, 6.07) is 16.7. The van der Waals surface area contributed by atoms with Crippen LogP contribution in [-0.4, -0.2) is 0 Å². The van der Waals surface area contributed by atoms with Gasteiger partial charge in [-0.1, -0.05) is 75.1 Å². The van der Waals surface area contributed by atoms with Gasteiger partial charge in [0.2, 0.25) is 0 Å². The van der Waals surface area contributed by atoms with E-state index in [1.807, 2.05) is 24.3 Å².